The number of hydrogen-bond acceptors (Lipinski definition) is 5. The molecule has 468 valence electrons. The van der Waals surface area contributed by atoms with E-state index in [1.165, 1.54) is 77.0 Å². The van der Waals surface area contributed by atoms with Gasteiger partial charge in [0.1, 0.15) is 6.61 Å². The van der Waals surface area contributed by atoms with Crippen LogP contribution in [0.2, 0.25) is 0 Å². The molecule has 0 heterocycles. The smallest absolute Gasteiger partial charge is 0.306 e. The third-order valence-electron chi connectivity index (χ3n) is 13.6. The summed E-state index contributed by atoms with van der Waals surface area (Å²) in [7, 11) is 0. The summed E-state index contributed by atoms with van der Waals surface area (Å²) < 4.78 is 10.7. The minimum absolute atomic E-state index is 0.0863. The summed E-state index contributed by atoms with van der Waals surface area (Å²) in [6.45, 7) is 3.89. The number of unbranched alkanes of at least 4 members (excludes halogenated alkanes) is 17. The molecule has 5 heteroatoms. The predicted molar refractivity (Wildman–Crippen MR) is 370 cm³/mol. The van der Waals surface area contributed by atoms with Crippen molar-refractivity contribution in [2.45, 2.75) is 264 Å². The second-order valence-electron chi connectivity index (χ2n) is 21.4. The van der Waals surface area contributed by atoms with Gasteiger partial charge in [0.25, 0.3) is 0 Å². The van der Waals surface area contributed by atoms with Gasteiger partial charge in [-0.3, -0.25) is 9.59 Å². The zero-order valence-corrected chi connectivity index (χ0v) is 53.6. The van der Waals surface area contributed by atoms with Crippen molar-refractivity contribution in [1.29, 1.82) is 0 Å². The molecule has 0 aliphatic rings. The summed E-state index contributed by atoms with van der Waals surface area (Å²) in [5.74, 6) is -0.621. The molecule has 0 radical (unpaired) electrons. The molecule has 0 aromatic carbocycles. The van der Waals surface area contributed by atoms with Crippen molar-refractivity contribution in [1.82, 2.24) is 0 Å². The number of rotatable bonds is 59. The average Bonchev–Trinajstić information content (AvgIpc) is 3.51. The first kappa shape index (κ1) is 78.5. The summed E-state index contributed by atoms with van der Waals surface area (Å²) in [4.78, 5) is 24.6. The number of ether oxygens (including phenoxy) is 2. The van der Waals surface area contributed by atoms with Crippen molar-refractivity contribution >= 4 is 11.9 Å². The Balaban J connectivity index is 3.62. The first-order valence-electron chi connectivity index (χ1n) is 33.6. The van der Waals surface area contributed by atoms with Gasteiger partial charge in [0.15, 0.2) is 6.10 Å². The summed E-state index contributed by atoms with van der Waals surface area (Å²) in [5, 5.41) is 9.69. The second-order valence-corrected chi connectivity index (χ2v) is 21.4. The van der Waals surface area contributed by atoms with Crippen molar-refractivity contribution in [2.24, 2.45) is 0 Å². The molecule has 0 aliphatic carbocycles. The Morgan fingerprint density at radius 2 is 0.476 bits per heavy atom. The van der Waals surface area contributed by atoms with E-state index in [-0.39, 0.29) is 25.2 Å². The van der Waals surface area contributed by atoms with Crippen LogP contribution < -0.4 is 0 Å². The summed E-state index contributed by atoms with van der Waals surface area (Å²) in [6.07, 6.45) is 115. The highest BCUT2D eigenvalue weighted by Crippen LogP contribution is 2.14. The van der Waals surface area contributed by atoms with E-state index in [2.05, 4.69) is 220 Å². The summed E-state index contributed by atoms with van der Waals surface area (Å²) >= 11 is 0. The fourth-order valence-electron chi connectivity index (χ4n) is 8.62. The normalized spacial score (nSPS) is 13.6. The van der Waals surface area contributed by atoms with E-state index in [4.69, 9.17) is 9.47 Å². The molecular weight excluding hydrogens is 1030 g/mol. The maximum Gasteiger partial charge on any atom is 0.306 e. The maximum absolute atomic E-state index is 12.4. The van der Waals surface area contributed by atoms with Gasteiger partial charge in [0.2, 0.25) is 0 Å². The third-order valence-corrected chi connectivity index (χ3v) is 13.6. The Labute approximate surface area is 517 Å². The number of carbonyl (C=O) groups excluding carboxylic acids is 2. The van der Waals surface area contributed by atoms with Crippen molar-refractivity contribution < 1.29 is 24.2 Å². The highest BCUT2D eigenvalue weighted by atomic mass is 16.6. The molecule has 0 fully saturated rings. The molecule has 5 nitrogen and oxygen atoms in total. The number of hydrogen-bond donors (Lipinski definition) is 1. The lowest BCUT2D eigenvalue weighted by atomic mass is 10.0. The van der Waals surface area contributed by atoms with Crippen LogP contribution in [0.5, 0.6) is 0 Å². The Morgan fingerprint density at radius 1 is 0.274 bits per heavy atom. The number of allylic oxidation sites excluding steroid dienone is 34. The average molecular weight is 1150 g/mol. The predicted octanol–water partition coefficient (Wildman–Crippen LogP) is 23.8. The minimum atomic E-state index is -0.797. The largest absolute Gasteiger partial charge is 0.462 e. The molecule has 0 saturated carbocycles. The van der Waals surface area contributed by atoms with Gasteiger partial charge in [-0.2, -0.15) is 0 Å². The van der Waals surface area contributed by atoms with Crippen LogP contribution in [0.4, 0.5) is 0 Å². The van der Waals surface area contributed by atoms with Gasteiger partial charge in [-0.25, -0.2) is 0 Å². The Kier molecular flexibility index (Phi) is 67.0. The lowest BCUT2D eigenvalue weighted by Crippen LogP contribution is -2.28. The SMILES string of the molecule is CC/C=C\C/C=C\C/C=C\C/C=C\C/C=C\C/C=C\C/C=C\C/C=C\C/C=C\C/C=C\CCCCCCCCCCCCC(=O)OC(CO)COC(=O)CCCCCCCCC/C=C\C/C=C\C/C=C\C/C=C\C/C=C\C/C=C\C/C=C\CC. The number of aliphatic hydroxyl groups is 1. The van der Waals surface area contributed by atoms with Crippen molar-refractivity contribution in [3.63, 3.8) is 0 Å². The fraction of sp³-hybridized carbons (Fsp3) is 0.544. The molecule has 1 atom stereocenters. The van der Waals surface area contributed by atoms with Crippen LogP contribution in [0.1, 0.15) is 258 Å². The molecule has 0 aromatic rings. The molecule has 0 aromatic heterocycles. The summed E-state index contributed by atoms with van der Waals surface area (Å²) in [6, 6.07) is 0. The van der Waals surface area contributed by atoms with E-state index in [1.54, 1.807) is 0 Å². The zero-order chi connectivity index (χ0) is 60.5. The molecule has 0 amide bonds. The Morgan fingerprint density at radius 3 is 0.714 bits per heavy atom. The van der Waals surface area contributed by atoms with E-state index >= 15 is 0 Å². The second kappa shape index (κ2) is 71.7. The van der Waals surface area contributed by atoms with Crippen LogP contribution in [-0.2, 0) is 19.1 Å². The van der Waals surface area contributed by atoms with Crippen LogP contribution >= 0.6 is 0 Å². The van der Waals surface area contributed by atoms with Crippen molar-refractivity contribution in [2.75, 3.05) is 13.2 Å². The van der Waals surface area contributed by atoms with Gasteiger partial charge in [0.05, 0.1) is 6.61 Å². The van der Waals surface area contributed by atoms with Crippen LogP contribution in [0.3, 0.4) is 0 Å². The van der Waals surface area contributed by atoms with E-state index < -0.39 is 6.10 Å². The topological polar surface area (TPSA) is 72.8 Å². The minimum Gasteiger partial charge on any atom is -0.462 e. The van der Waals surface area contributed by atoms with E-state index in [0.717, 1.165) is 154 Å². The monoisotopic (exact) mass is 1150 g/mol. The fourth-order valence-corrected chi connectivity index (χ4v) is 8.62. The number of carbonyl (C=O) groups is 2. The summed E-state index contributed by atoms with van der Waals surface area (Å²) in [5.41, 5.74) is 0. The molecule has 1 unspecified atom stereocenters. The van der Waals surface area contributed by atoms with Gasteiger partial charge in [0, 0.05) is 12.8 Å². The zero-order valence-electron chi connectivity index (χ0n) is 53.6. The van der Waals surface area contributed by atoms with Crippen LogP contribution in [0.25, 0.3) is 0 Å². The van der Waals surface area contributed by atoms with Gasteiger partial charge in [-0.1, -0.05) is 304 Å². The molecule has 84 heavy (non-hydrogen) atoms. The van der Waals surface area contributed by atoms with Crippen molar-refractivity contribution in [3.8, 4) is 0 Å². The molecule has 0 aliphatic heterocycles. The first-order valence-corrected chi connectivity index (χ1v) is 33.6. The molecule has 0 saturated heterocycles. The highest BCUT2D eigenvalue weighted by Gasteiger charge is 2.16. The van der Waals surface area contributed by atoms with Gasteiger partial charge in [-0.05, 0) is 148 Å². The maximum atomic E-state index is 12.4. The Hall–Kier alpha value is -5.52. The van der Waals surface area contributed by atoms with Crippen LogP contribution in [0, 0.1) is 0 Å². The van der Waals surface area contributed by atoms with E-state index in [1.807, 2.05) is 0 Å². The van der Waals surface area contributed by atoms with Gasteiger partial charge >= 0.3 is 11.9 Å². The third kappa shape index (κ3) is 69.0. The van der Waals surface area contributed by atoms with Gasteiger partial charge < -0.3 is 14.6 Å². The Bertz CT molecular complexity index is 1980. The molecular formula is C79H122O5. The highest BCUT2D eigenvalue weighted by molar-refractivity contribution is 5.70. The lowest BCUT2D eigenvalue weighted by molar-refractivity contribution is -0.161. The molecule has 0 bridgehead atoms. The van der Waals surface area contributed by atoms with E-state index in [9.17, 15) is 14.7 Å². The van der Waals surface area contributed by atoms with Crippen molar-refractivity contribution in [3.05, 3.63) is 207 Å². The molecule has 1 N–H and O–H groups in total. The van der Waals surface area contributed by atoms with E-state index in [0.29, 0.717) is 12.8 Å². The quantitative estimate of drug-likeness (QED) is 0.0373. The molecule has 0 spiro atoms. The van der Waals surface area contributed by atoms with Crippen LogP contribution in [-0.4, -0.2) is 36.4 Å². The number of esters is 2. The standard InChI is InChI=1S/C79H122O5/c1-3-5-7-9-11-13-15-17-19-21-23-25-27-29-31-33-34-35-36-37-38-39-40-41-42-43-44-46-48-50-52-54-56-58-60-62-64-66-68-70-72-74-79(82)84-77(75-80)76-83-78(81)73-71-69-67-65-63-61-59-57-55-53-51-49-47-45-32-30-28-26-24-22-20-18-16-14-12-10-8-6-4-2/h5-8,11-14,17-20,23-26,29-32,34-35,37-38,40-41,43-44,47-50,53,55,77,80H,3-4,9-10,15-16,21-22,27-28,33,36,39,42,45-46,51-52,54,56-76H2,1-2H3/b7-5-,8-6-,13-11-,14-12-,19-17-,20-18-,25-23-,26-24-,31-29-,32-30-,35-34-,38-37-,41-40-,44-43-,49-47-,50-48-,55-53-. The lowest BCUT2D eigenvalue weighted by Gasteiger charge is -2.15. The number of aliphatic hydroxyl groups excluding tert-OH is 1. The van der Waals surface area contributed by atoms with Crippen LogP contribution in [0.15, 0.2) is 207 Å². The first-order chi connectivity index (χ1) is 41.6. The molecule has 0 rings (SSSR count). The van der Waals surface area contributed by atoms with Gasteiger partial charge in [-0.15, -0.1) is 0 Å².